The first-order chi connectivity index (χ1) is 12.3. The van der Waals surface area contributed by atoms with Gasteiger partial charge in [0.05, 0.1) is 11.9 Å². The highest BCUT2D eigenvalue weighted by molar-refractivity contribution is 5.89. The maximum atomic E-state index is 11.7. The molecule has 2 aromatic heterocycles. The Morgan fingerprint density at radius 3 is 2.88 bits per heavy atom. The fourth-order valence-corrected chi connectivity index (χ4v) is 2.82. The van der Waals surface area contributed by atoms with E-state index >= 15 is 0 Å². The van der Waals surface area contributed by atoms with Crippen LogP contribution >= 0.6 is 0 Å². The largest absolute Gasteiger partial charge is 0.370 e. The number of para-hydroxylation sites is 1. The first-order valence-corrected chi connectivity index (χ1v) is 8.60. The second kappa shape index (κ2) is 6.84. The molecule has 0 saturated heterocycles. The van der Waals surface area contributed by atoms with Crippen molar-refractivity contribution in [3.05, 3.63) is 54.4 Å². The molecule has 0 aliphatic heterocycles. The second-order valence-electron chi connectivity index (χ2n) is 6.34. The molecule has 0 radical (unpaired) electrons. The zero-order valence-corrected chi connectivity index (χ0v) is 13.9. The van der Waals surface area contributed by atoms with Crippen LogP contribution in [-0.2, 0) is 6.42 Å². The van der Waals surface area contributed by atoms with Gasteiger partial charge in [0.1, 0.15) is 5.82 Å². The Kier molecular flexibility index (Phi) is 4.24. The van der Waals surface area contributed by atoms with E-state index in [-0.39, 0.29) is 6.03 Å². The Morgan fingerprint density at radius 1 is 1.20 bits per heavy atom. The molecule has 0 unspecified atom stereocenters. The molecule has 6 heteroatoms. The Hall–Kier alpha value is -3.02. The number of benzene rings is 1. The number of hydrogen-bond acceptors (Lipinski definition) is 3. The van der Waals surface area contributed by atoms with E-state index in [2.05, 4.69) is 50.3 Å². The highest BCUT2D eigenvalue weighted by atomic mass is 16.2. The lowest BCUT2D eigenvalue weighted by atomic mass is 10.1. The minimum Gasteiger partial charge on any atom is -0.370 e. The number of carbonyl (C=O) groups excluding carboxylic acids is 1. The first-order valence-electron chi connectivity index (χ1n) is 8.60. The fourth-order valence-electron chi connectivity index (χ4n) is 2.82. The molecule has 1 aliphatic rings. The van der Waals surface area contributed by atoms with Crippen LogP contribution in [0, 0.1) is 0 Å². The van der Waals surface area contributed by atoms with E-state index in [4.69, 9.17) is 0 Å². The number of fused-ring (bicyclic) bond motifs is 1. The van der Waals surface area contributed by atoms with Crippen molar-refractivity contribution in [3.8, 4) is 0 Å². The lowest BCUT2D eigenvalue weighted by Gasteiger charge is -2.08. The number of H-pyrrole nitrogens is 1. The van der Waals surface area contributed by atoms with Crippen molar-refractivity contribution >= 4 is 28.4 Å². The first kappa shape index (κ1) is 15.5. The van der Waals surface area contributed by atoms with Crippen LogP contribution in [0.4, 0.5) is 16.3 Å². The zero-order valence-electron chi connectivity index (χ0n) is 13.9. The number of urea groups is 1. The van der Waals surface area contributed by atoms with Gasteiger partial charge in [0.15, 0.2) is 0 Å². The number of carbonyl (C=O) groups is 1. The maximum absolute atomic E-state index is 11.7. The average molecular weight is 335 g/mol. The van der Waals surface area contributed by atoms with Gasteiger partial charge < -0.3 is 20.9 Å². The van der Waals surface area contributed by atoms with Gasteiger partial charge in [-0.3, -0.25) is 0 Å². The molecule has 2 amide bonds. The number of anilines is 2. The molecule has 1 saturated carbocycles. The molecule has 4 rings (SSSR count). The summed E-state index contributed by atoms with van der Waals surface area (Å²) in [6, 6.07) is 12.2. The molecule has 1 aliphatic carbocycles. The zero-order chi connectivity index (χ0) is 17.1. The minimum absolute atomic E-state index is 0.163. The molecule has 0 spiro atoms. The second-order valence-corrected chi connectivity index (χ2v) is 6.34. The van der Waals surface area contributed by atoms with E-state index < -0.39 is 0 Å². The summed E-state index contributed by atoms with van der Waals surface area (Å²) in [5.41, 5.74) is 3.15. The smallest absolute Gasteiger partial charge is 0.319 e. The van der Waals surface area contributed by atoms with Crippen LogP contribution in [0.15, 0.2) is 48.8 Å². The van der Waals surface area contributed by atoms with Crippen LogP contribution in [0.2, 0.25) is 0 Å². The molecule has 0 atom stereocenters. The Morgan fingerprint density at radius 2 is 2.08 bits per heavy atom. The molecule has 1 fully saturated rings. The summed E-state index contributed by atoms with van der Waals surface area (Å²) in [5.74, 6) is 0.799. The van der Waals surface area contributed by atoms with Crippen molar-refractivity contribution in [3.63, 3.8) is 0 Å². The normalized spacial score (nSPS) is 13.6. The molecular formula is C19H21N5O. The van der Waals surface area contributed by atoms with Gasteiger partial charge in [0.25, 0.3) is 0 Å². The van der Waals surface area contributed by atoms with Crippen molar-refractivity contribution < 1.29 is 4.79 Å². The summed E-state index contributed by atoms with van der Waals surface area (Å²) in [4.78, 5) is 19.3. The van der Waals surface area contributed by atoms with Gasteiger partial charge in [-0.05, 0) is 43.0 Å². The van der Waals surface area contributed by atoms with Crippen LogP contribution in [-0.4, -0.2) is 28.6 Å². The topological polar surface area (TPSA) is 81.8 Å². The predicted molar refractivity (Wildman–Crippen MR) is 99.9 cm³/mol. The van der Waals surface area contributed by atoms with Gasteiger partial charge >= 0.3 is 6.03 Å². The van der Waals surface area contributed by atoms with E-state index in [1.165, 1.54) is 10.9 Å². The van der Waals surface area contributed by atoms with E-state index in [1.54, 1.807) is 6.20 Å². The third-order valence-electron chi connectivity index (χ3n) is 4.31. The van der Waals surface area contributed by atoms with Gasteiger partial charge in [-0.15, -0.1) is 0 Å². The van der Waals surface area contributed by atoms with Gasteiger partial charge in [-0.25, -0.2) is 9.78 Å². The molecule has 1 aromatic carbocycles. The van der Waals surface area contributed by atoms with Crippen molar-refractivity contribution in [2.75, 3.05) is 17.2 Å². The van der Waals surface area contributed by atoms with Crippen LogP contribution in [0.3, 0.4) is 0 Å². The number of nitrogens with one attached hydrogen (secondary N) is 4. The third-order valence-corrected chi connectivity index (χ3v) is 4.31. The summed E-state index contributed by atoms with van der Waals surface area (Å²) in [6.07, 6.45) is 6.79. The summed E-state index contributed by atoms with van der Waals surface area (Å²) >= 11 is 0. The van der Waals surface area contributed by atoms with Crippen LogP contribution in [0.25, 0.3) is 10.9 Å². The highest BCUT2D eigenvalue weighted by Gasteiger charge is 2.23. The summed E-state index contributed by atoms with van der Waals surface area (Å²) in [5, 5.41) is 10.3. The van der Waals surface area contributed by atoms with E-state index in [9.17, 15) is 4.79 Å². The quantitative estimate of drug-likeness (QED) is 0.556. The number of hydrogen-bond donors (Lipinski definition) is 4. The SMILES string of the molecule is O=C(Nc1ccc(NCCc2c[nH]c3ccccc23)nc1)NC1CC1. The molecule has 0 bridgehead atoms. The average Bonchev–Trinajstić information content (AvgIpc) is 3.34. The molecular weight excluding hydrogens is 314 g/mol. The van der Waals surface area contributed by atoms with Gasteiger partial charge in [0.2, 0.25) is 0 Å². The van der Waals surface area contributed by atoms with Gasteiger partial charge in [-0.2, -0.15) is 0 Å². The van der Waals surface area contributed by atoms with Crippen LogP contribution < -0.4 is 16.0 Å². The molecule has 25 heavy (non-hydrogen) atoms. The lowest BCUT2D eigenvalue weighted by Crippen LogP contribution is -2.30. The number of nitrogens with zero attached hydrogens (tertiary/aromatic N) is 1. The number of amides is 2. The van der Waals surface area contributed by atoms with Gasteiger partial charge in [-0.1, -0.05) is 18.2 Å². The maximum Gasteiger partial charge on any atom is 0.319 e. The fraction of sp³-hybridized carbons (Fsp3) is 0.263. The third kappa shape index (κ3) is 3.91. The predicted octanol–water partition coefficient (Wildman–Crippen LogP) is 3.50. The van der Waals surface area contributed by atoms with Crippen LogP contribution in [0.5, 0.6) is 0 Å². The molecule has 3 aromatic rings. The van der Waals surface area contributed by atoms with E-state index in [1.807, 2.05) is 18.2 Å². The number of rotatable bonds is 6. The number of aromatic nitrogens is 2. The lowest BCUT2D eigenvalue weighted by molar-refractivity contribution is 0.251. The number of aromatic amines is 1. The van der Waals surface area contributed by atoms with Gasteiger partial charge in [0, 0.05) is 29.7 Å². The van der Waals surface area contributed by atoms with Crippen molar-refractivity contribution in [1.82, 2.24) is 15.3 Å². The summed E-state index contributed by atoms with van der Waals surface area (Å²) in [6.45, 7) is 0.795. The number of pyridine rings is 1. The van der Waals surface area contributed by atoms with E-state index in [0.29, 0.717) is 11.7 Å². The Bertz CT molecular complexity index is 867. The molecule has 6 nitrogen and oxygen atoms in total. The van der Waals surface area contributed by atoms with Crippen molar-refractivity contribution in [2.24, 2.45) is 0 Å². The van der Waals surface area contributed by atoms with E-state index in [0.717, 1.165) is 37.1 Å². The van der Waals surface area contributed by atoms with Crippen molar-refractivity contribution in [1.29, 1.82) is 0 Å². The molecule has 2 heterocycles. The molecule has 128 valence electrons. The minimum atomic E-state index is -0.163. The Labute approximate surface area is 146 Å². The van der Waals surface area contributed by atoms with Crippen molar-refractivity contribution in [2.45, 2.75) is 25.3 Å². The van der Waals surface area contributed by atoms with Crippen LogP contribution in [0.1, 0.15) is 18.4 Å². The summed E-state index contributed by atoms with van der Waals surface area (Å²) in [7, 11) is 0. The monoisotopic (exact) mass is 335 g/mol. The standard InChI is InChI=1S/C19H21N5O/c25-19(23-14-5-6-14)24-15-7-8-18(22-12-15)20-10-9-13-11-21-17-4-2-1-3-16(13)17/h1-4,7-8,11-12,14,21H,5-6,9-10H2,(H,20,22)(H2,23,24,25). The molecule has 4 N–H and O–H groups in total. The summed E-state index contributed by atoms with van der Waals surface area (Å²) < 4.78 is 0. The Balaban J connectivity index is 1.28. The highest BCUT2D eigenvalue weighted by Crippen LogP contribution is 2.19.